The molecule has 1 saturated carbocycles. The van der Waals surface area contributed by atoms with E-state index in [-0.39, 0.29) is 5.41 Å². The third-order valence-electron chi connectivity index (χ3n) is 3.33. The average molecular weight is 168 g/mol. The van der Waals surface area contributed by atoms with Crippen LogP contribution in [0.25, 0.3) is 0 Å². The molecule has 0 heterocycles. The summed E-state index contributed by atoms with van der Waals surface area (Å²) in [5.74, 6) is 1.27. The Morgan fingerprint density at radius 2 is 2.00 bits per heavy atom. The second-order valence-electron chi connectivity index (χ2n) is 4.95. The van der Waals surface area contributed by atoms with E-state index in [0.29, 0.717) is 17.6 Å². The van der Waals surface area contributed by atoms with Crippen LogP contribution in [0.4, 0.5) is 0 Å². The van der Waals surface area contributed by atoms with E-state index in [1.54, 1.807) is 6.92 Å². The normalized spacial score (nSPS) is 34.7. The standard InChI is InChI=1S/C11H20O/c1-8-6-5-7-11(3,4)10(8)9(2)12/h8,10H,5-7H2,1-4H3/t8-,10-/m0/s1. The van der Waals surface area contributed by atoms with E-state index in [1.807, 2.05) is 0 Å². The molecular weight excluding hydrogens is 148 g/mol. The van der Waals surface area contributed by atoms with Crippen molar-refractivity contribution in [1.82, 2.24) is 0 Å². The Balaban J connectivity index is 2.81. The highest BCUT2D eigenvalue weighted by Gasteiger charge is 2.39. The Kier molecular flexibility index (Phi) is 2.60. The molecule has 1 aliphatic rings. The zero-order valence-corrected chi connectivity index (χ0v) is 8.68. The Morgan fingerprint density at radius 1 is 1.42 bits per heavy atom. The number of hydrogen-bond acceptors (Lipinski definition) is 1. The van der Waals surface area contributed by atoms with E-state index in [9.17, 15) is 4.79 Å². The number of Topliss-reactive ketones (excluding diaryl/α,β-unsaturated/α-hetero) is 1. The lowest BCUT2D eigenvalue weighted by atomic mass is 9.63. The zero-order valence-electron chi connectivity index (χ0n) is 8.68. The summed E-state index contributed by atoms with van der Waals surface area (Å²) in [7, 11) is 0. The molecule has 1 aliphatic carbocycles. The first kappa shape index (κ1) is 9.76. The number of carbonyl (C=O) groups excluding carboxylic acids is 1. The van der Waals surface area contributed by atoms with Gasteiger partial charge in [-0.15, -0.1) is 0 Å². The molecule has 0 radical (unpaired) electrons. The minimum absolute atomic E-state index is 0.240. The first-order valence-electron chi connectivity index (χ1n) is 4.95. The third-order valence-corrected chi connectivity index (χ3v) is 3.33. The molecule has 0 N–H and O–H groups in total. The fourth-order valence-electron chi connectivity index (χ4n) is 2.92. The highest BCUT2D eigenvalue weighted by molar-refractivity contribution is 5.79. The number of ketones is 1. The second kappa shape index (κ2) is 3.20. The molecule has 0 aliphatic heterocycles. The quantitative estimate of drug-likeness (QED) is 0.588. The molecule has 1 fully saturated rings. The van der Waals surface area contributed by atoms with Crippen molar-refractivity contribution in [2.24, 2.45) is 17.3 Å². The maximum atomic E-state index is 11.4. The van der Waals surface area contributed by atoms with Crippen LogP contribution in [0.15, 0.2) is 0 Å². The molecule has 0 amide bonds. The van der Waals surface area contributed by atoms with E-state index in [2.05, 4.69) is 20.8 Å². The van der Waals surface area contributed by atoms with E-state index in [0.717, 1.165) is 0 Å². The van der Waals surface area contributed by atoms with Crippen LogP contribution < -0.4 is 0 Å². The summed E-state index contributed by atoms with van der Waals surface area (Å²) in [5, 5.41) is 0. The number of carbonyl (C=O) groups is 1. The summed E-state index contributed by atoms with van der Waals surface area (Å²) in [5.41, 5.74) is 0.240. The molecule has 2 atom stereocenters. The van der Waals surface area contributed by atoms with E-state index in [4.69, 9.17) is 0 Å². The summed E-state index contributed by atoms with van der Waals surface area (Å²) in [6, 6.07) is 0. The summed E-state index contributed by atoms with van der Waals surface area (Å²) in [6.07, 6.45) is 3.73. The van der Waals surface area contributed by atoms with Crippen LogP contribution in [-0.4, -0.2) is 5.78 Å². The monoisotopic (exact) mass is 168 g/mol. The van der Waals surface area contributed by atoms with Gasteiger partial charge in [0.1, 0.15) is 5.78 Å². The van der Waals surface area contributed by atoms with Crippen molar-refractivity contribution in [3.63, 3.8) is 0 Å². The fraction of sp³-hybridized carbons (Fsp3) is 0.909. The SMILES string of the molecule is CC(=O)[C@@H]1[C@@H](C)CCCC1(C)C. The van der Waals surface area contributed by atoms with Gasteiger partial charge in [0.05, 0.1) is 0 Å². The molecule has 0 aromatic carbocycles. The highest BCUT2D eigenvalue weighted by Crippen LogP contribution is 2.44. The van der Waals surface area contributed by atoms with Crippen molar-refractivity contribution >= 4 is 5.78 Å². The summed E-state index contributed by atoms with van der Waals surface area (Å²) in [6.45, 7) is 8.42. The maximum absolute atomic E-state index is 11.4. The van der Waals surface area contributed by atoms with Gasteiger partial charge in [-0.05, 0) is 31.1 Å². The van der Waals surface area contributed by atoms with Crippen LogP contribution >= 0.6 is 0 Å². The molecule has 1 nitrogen and oxygen atoms in total. The molecule has 0 aromatic rings. The Labute approximate surface area is 75.5 Å². The topological polar surface area (TPSA) is 17.1 Å². The molecular formula is C11H20O. The van der Waals surface area contributed by atoms with Gasteiger partial charge in [-0.3, -0.25) is 4.79 Å². The molecule has 0 saturated heterocycles. The van der Waals surface area contributed by atoms with Crippen LogP contribution in [0.5, 0.6) is 0 Å². The van der Waals surface area contributed by atoms with Crippen molar-refractivity contribution in [3.8, 4) is 0 Å². The van der Waals surface area contributed by atoms with Crippen molar-refractivity contribution < 1.29 is 4.79 Å². The first-order chi connectivity index (χ1) is 5.45. The van der Waals surface area contributed by atoms with Crippen LogP contribution in [0.1, 0.15) is 47.0 Å². The molecule has 0 unspecified atom stereocenters. The van der Waals surface area contributed by atoms with Gasteiger partial charge < -0.3 is 0 Å². The minimum atomic E-state index is 0.240. The Bertz CT molecular complexity index is 181. The highest BCUT2D eigenvalue weighted by atomic mass is 16.1. The average Bonchev–Trinajstić information content (AvgIpc) is 1.82. The molecule has 12 heavy (non-hydrogen) atoms. The lowest BCUT2D eigenvalue weighted by Gasteiger charge is -2.41. The summed E-state index contributed by atoms with van der Waals surface area (Å²) in [4.78, 5) is 11.4. The Morgan fingerprint density at radius 3 is 2.33 bits per heavy atom. The van der Waals surface area contributed by atoms with E-state index >= 15 is 0 Å². The summed E-state index contributed by atoms with van der Waals surface area (Å²) < 4.78 is 0. The van der Waals surface area contributed by atoms with Gasteiger partial charge in [0.2, 0.25) is 0 Å². The fourth-order valence-corrected chi connectivity index (χ4v) is 2.92. The molecule has 1 heteroatoms. The van der Waals surface area contributed by atoms with Gasteiger partial charge in [-0.1, -0.05) is 27.2 Å². The van der Waals surface area contributed by atoms with Crippen LogP contribution in [-0.2, 0) is 4.79 Å². The van der Waals surface area contributed by atoms with Gasteiger partial charge >= 0.3 is 0 Å². The zero-order chi connectivity index (χ0) is 9.35. The molecule has 0 bridgehead atoms. The van der Waals surface area contributed by atoms with Crippen LogP contribution in [0, 0.1) is 17.3 Å². The molecule has 0 aromatic heterocycles. The second-order valence-corrected chi connectivity index (χ2v) is 4.95. The smallest absolute Gasteiger partial charge is 0.133 e. The Hall–Kier alpha value is -0.330. The van der Waals surface area contributed by atoms with Crippen molar-refractivity contribution in [3.05, 3.63) is 0 Å². The van der Waals surface area contributed by atoms with E-state index < -0.39 is 0 Å². The molecule has 70 valence electrons. The van der Waals surface area contributed by atoms with Crippen molar-refractivity contribution in [1.29, 1.82) is 0 Å². The predicted molar refractivity (Wildman–Crippen MR) is 51.0 cm³/mol. The van der Waals surface area contributed by atoms with E-state index in [1.165, 1.54) is 19.3 Å². The van der Waals surface area contributed by atoms with Gasteiger partial charge in [-0.2, -0.15) is 0 Å². The largest absolute Gasteiger partial charge is 0.300 e. The van der Waals surface area contributed by atoms with Crippen LogP contribution in [0.3, 0.4) is 0 Å². The maximum Gasteiger partial charge on any atom is 0.133 e. The van der Waals surface area contributed by atoms with Crippen molar-refractivity contribution in [2.45, 2.75) is 47.0 Å². The van der Waals surface area contributed by atoms with Gasteiger partial charge in [0.15, 0.2) is 0 Å². The van der Waals surface area contributed by atoms with Gasteiger partial charge in [-0.25, -0.2) is 0 Å². The number of rotatable bonds is 1. The number of hydrogen-bond donors (Lipinski definition) is 0. The summed E-state index contributed by atoms with van der Waals surface area (Å²) >= 11 is 0. The van der Waals surface area contributed by atoms with Crippen molar-refractivity contribution in [2.75, 3.05) is 0 Å². The lowest BCUT2D eigenvalue weighted by Crippen LogP contribution is -2.38. The van der Waals surface area contributed by atoms with Crippen LogP contribution in [0.2, 0.25) is 0 Å². The first-order valence-corrected chi connectivity index (χ1v) is 4.95. The third kappa shape index (κ3) is 1.70. The predicted octanol–water partition coefficient (Wildman–Crippen LogP) is 3.04. The van der Waals surface area contributed by atoms with Gasteiger partial charge in [0.25, 0.3) is 0 Å². The minimum Gasteiger partial charge on any atom is -0.300 e. The molecule has 1 rings (SSSR count). The van der Waals surface area contributed by atoms with Gasteiger partial charge in [0, 0.05) is 5.92 Å². The lowest BCUT2D eigenvalue weighted by molar-refractivity contribution is -0.128. The molecule has 0 spiro atoms.